The highest BCUT2D eigenvalue weighted by molar-refractivity contribution is 6.45. The summed E-state index contributed by atoms with van der Waals surface area (Å²) in [4.78, 5) is 30.1. The summed E-state index contributed by atoms with van der Waals surface area (Å²) in [5.41, 5.74) is 1.81. The second kappa shape index (κ2) is 8.92. The molecule has 0 spiro atoms. The maximum Gasteiger partial charge on any atom is 0.282 e. The molecule has 2 aromatic rings. The van der Waals surface area contributed by atoms with Crippen LogP contribution in [0, 0.1) is 11.7 Å². The number of hydrogen-bond donors (Lipinski definition) is 0. The molecule has 2 aromatic carbocycles. The monoisotopic (exact) mass is 422 g/mol. The van der Waals surface area contributed by atoms with Crippen LogP contribution in [-0.2, 0) is 9.59 Å². The Labute approximate surface area is 182 Å². The van der Waals surface area contributed by atoms with Gasteiger partial charge in [0.15, 0.2) is 0 Å². The van der Waals surface area contributed by atoms with E-state index in [-0.39, 0.29) is 17.6 Å². The van der Waals surface area contributed by atoms with Crippen molar-refractivity contribution >= 4 is 23.1 Å². The number of anilines is 1. The zero-order valence-electron chi connectivity index (χ0n) is 17.9. The van der Waals surface area contributed by atoms with Crippen molar-refractivity contribution in [3.05, 3.63) is 65.6 Å². The fraction of sp³-hybridized carbons (Fsp3) is 0.360. The smallest absolute Gasteiger partial charge is 0.282 e. The maximum atomic E-state index is 13.5. The number of likely N-dealkylation sites (tertiary alicyclic amines) is 1. The predicted molar refractivity (Wildman–Crippen MR) is 118 cm³/mol. The van der Waals surface area contributed by atoms with Gasteiger partial charge < -0.3 is 9.64 Å². The maximum absolute atomic E-state index is 13.5. The fourth-order valence-electron chi connectivity index (χ4n) is 3.99. The second-order valence-electron chi connectivity index (χ2n) is 8.42. The molecule has 0 saturated carbocycles. The van der Waals surface area contributed by atoms with Gasteiger partial charge in [-0.1, -0.05) is 26.0 Å². The highest BCUT2D eigenvalue weighted by Gasteiger charge is 2.42. The lowest BCUT2D eigenvalue weighted by Gasteiger charge is -2.29. The topological polar surface area (TPSA) is 49.9 Å². The number of halogens is 1. The van der Waals surface area contributed by atoms with E-state index in [4.69, 9.17) is 4.74 Å². The van der Waals surface area contributed by atoms with Crippen molar-refractivity contribution < 1.29 is 18.7 Å². The van der Waals surface area contributed by atoms with Crippen LogP contribution in [0.1, 0.15) is 38.7 Å². The molecule has 2 amide bonds. The van der Waals surface area contributed by atoms with Crippen LogP contribution in [0.25, 0.3) is 5.57 Å². The van der Waals surface area contributed by atoms with Gasteiger partial charge in [0.2, 0.25) is 0 Å². The molecule has 162 valence electrons. The molecule has 0 unspecified atom stereocenters. The minimum Gasteiger partial charge on any atom is -0.493 e. The second-order valence-corrected chi connectivity index (χ2v) is 8.42. The van der Waals surface area contributed by atoms with Crippen LogP contribution >= 0.6 is 0 Å². The van der Waals surface area contributed by atoms with Gasteiger partial charge in [-0.2, -0.15) is 0 Å². The Morgan fingerprint density at radius 1 is 0.903 bits per heavy atom. The molecular formula is C25H27FN2O3. The van der Waals surface area contributed by atoms with Gasteiger partial charge in [-0.05, 0) is 67.1 Å². The normalized spacial score (nSPS) is 17.2. The summed E-state index contributed by atoms with van der Waals surface area (Å²) < 4.78 is 19.2. The molecule has 1 saturated heterocycles. The molecule has 2 heterocycles. The molecule has 0 atom stereocenters. The van der Waals surface area contributed by atoms with Gasteiger partial charge in [-0.3, -0.25) is 9.59 Å². The quantitative estimate of drug-likeness (QED) is 0.637. The van der Waals surface area contributed by atoms with Crippen molar-refractivity contribution in [3.8, 4) is 5.75 Å². The summed E-state index contributed by atoms with van der Waals surface area (Å²) in [5.74, 6) is 0.0000837. The third-order valence-corrected chi connectivity index (χ3v) is 5.54. The SMILES string of the molecule is CC(C)COc1ccc(N2C(=O)C(c3ccc(F)cc3)=C(N3CCCCC3)C2=O)cc1. The van der Waals surface area contributed by atoms with E-state index in [1.807, 2.05) is 4.90 Å². The van der Waals surface area contributed by atoms with E-state index in [1.165, 1.54) is 17.0 Å². The number of ether oxygens (including phenoxy) is 1. The molecule has 0 N–H and O–H groups in total. The predicted octanol–water partition coefficient (Wildman–Crippen LogP) is 4.63. The van der Waals surface area contributed by atoms with E-state index in [0.29, 0.717) is 40.8 Å². The molecule has 5 nitrogen and oxygen atoms in total. The largest absolute Gasteiger partial charge is 0.493 e. The van der Waals surface area contributed by atoms with Crippen LogP contribution in [-0.4, -0.2) is 36.4 Å². The number of rotatable bonds is 6. The van der Waals surface area contributed by atoms with Crippen LogP contribution in [0.3, 0.4) is 0 Å². The van der Waals surface area contributed by atoms with E-state index in [9.17, 15) is 14.0 Å². The lowest BCUT2D eigenvalue weighted by molar-refractivity contribution is -0.120. The average molecular weight is 423 g/mol. The number of nitrogens with zero attached hydrogens (tertiary/aromatic N) is 2. The van der Waals surface area contributed by atoms with Gasteiger partial charge in [0.25, 0.3) is 11.8 Å². The number of imide groups is 1. The lowest BCUT2D eigenvalue weighted by Crippen LogP contribution is -2.37. The fourth-order valence-corrected chi connectivity index (χ4v) is 3.99. The zero-order valence-corrected chi connectivity index (χ0v) is 17.9. The van der Waals surface area contributed by atoms with E-state index >= 15 is 0 Å². The molecule has 6 heteroatoms. The zero-order chi connectivity index (χ0) is 22.0. The van der Waals surface area contributed by atoms with Crippen molar-refractivity contribution in [1.82, 2.24) is 4.90 Å². The van der Waals surface area contributed by atoms with Crippen LogP contribution in [0.4, 0.5) is 10.1 Å². The highest BCUT2D eigenvalue weighted by Crippen LogP contribution is 2.36. The van der Waals surface area contributed by atoms with Gasteiger partial charge in [0.05, 0.1) is 17.9 Å². The van der Waals surface area contributed by atoms with E-state index in [2.05, 4.69) is 13.8 Å². The minimum absolute atomic E-state index is 0.331. The minimum atomic E-state index is -0.381. The molecule has 2 aliphatic heterocycles. The van der Waals surface area contributed by atoms with Crippen molar-refractivity contribution in [2.24, 2.45) is 5.92 Å². The Balaban J connectivity index is 1.68. The van der Waals surface area contributed by atoms with Crippen molar-refractivity contribution in [2.45, 2.75) is 33.1 Å². The molecule has 0 bridgehead atoms. The Bertz CT molecular complexity index is 990. The molecule has 0 radical (unpaired) electrons. The third kappa shape index (κ3) is 4.33. The molecule has 0 aromatic heterocycles. The summed E-state index contributed by atoms with van der Waals surface area (Å²) in [6, 6.07) is 12.8. The Hall–Kier alpha value is -3.15. The van der Waals surface area contributed by atoms with Gasteiger partial charge in [-0.15, -0.1) is 0 Å². The lowest BCUT2D eigenvalue weighted by atomic mass is 10.0. The number of carbonyl (C=O) groups excluding carboxylic acids is 2. The van der Waals surface area contributed by atoms with Crippen LogP contribution < -0.4 is 9.64 Å². The van der Waals surface area contributed by atoms with E-state index in [0.717, 1.165) is 32.4 Å². The molecular weight excluding hydrogens is 395 g/mol. The van der Waals surface area contributed by atoms with Crippen LogP contribution in [0.2, 0.25) is 0 Å². The molecule has 1 fully saturated rings. The van der Waals surface area contributed by atoms with Gasteiger partial charge in [0, 0.05) is 13.1 Å². The molecule has 2 aliphatic rings. The van der Waals surface area contributed by atoms with E-state index < -0.39 is 0 Å². The Morgan fingerprint density at radius 3 is 2.16 bits per heavy atom. The summed E-state index contributed by atoms with van der Waals surface area (Å²) in [6.45, 7) is 6.20. The highest BCUT2D eigenvalue weighted by atomic mass is 19.1. The number of benzene rings is 2. The standard InChI is InChI=1S/C25H27FN2O3/c1-17(2)16-31-21-12-10-20(11-13-21)28-24(29)22(18-6-8-19(26)9-7-18)23(25(28)30)27-14-4-3-5-15-27/h6-13,17H,3-5,14-16H2,1-2H3. The first-order chi connectivity index (χ1) is 15.0. The number of hydrogen-bond acceptors (Lipinski definition) is 4. The molecule has 31 heavy (non-hydrogen) atoms. The summed E-state index contributed by atoms with van der Waals surface area (Å²) in [6.07, 6.45) is 3.06. The Kier molecular flexibility index (Phi) is 6.07. The average Bonchev–Trinajstić information content (AvgIpc) is 3.04. The molecule has 4 rings (SSSR count). The van der Waals surface area contributed by atoms with Crippen LogP contribution in [0.5, 0.6) is 5.75 Å². The van der Waals surface area contributed by atoms with Crippen molar-refractivity contribution in [1.29, 1.82) is 0 Å². The summed E-state index contributed by atoms with van der Waals surface area (Å²) >= 11 is 0. The molecule has 0 aliphatic carbocycles. The van der Waals surface area contributed by atoms with Gasteiger partial charge in [-0.25, -0.2) is 9.29 Å². The first kappa shape index (κ1) is 21.1. The summed E-state index contributed by atoms with van der Waals surface area (Å²) in [5, 5.41) is 0. The third-order valence-electron chi connectivity index (χ3n) is 5.54. The van der Waals surface area contributed by atoms with Gasteiger partial charge in [0.1, 0.15) is 17.3 Å². The van der Waals surface area contributed by atoms with Crippen LogP contribution in [0.15, 0.2) is 54.2 Å². The van der Waals surface area contributed by atoms with Gasteiger partial charge >= 0.3 is 0 Å². The first-order valence-electron chi connectivity index (χ1n) is 10.8. The first-order valence-corrected chi connectivity index (χ1v) is 10.8. The van der Waals surface area contributed by atoms with E-state index in [1.54, 1.807) is 36.4 Å². The summed E-state index contributed by atoms with van der Waals surface area (Å²) in [7, 11) is 0. The number of piperidine rings is 1. The van der Waals surface area contributed by atoms with Crippen molar-refractivity contribution in [3.63, 3.8) is 0 Å². The number of amides is 2. The Morgan fingerprint density at radius 2 is 1.55 bits per heavy atom. The van der Waals surface area contributed by atoms with Crippen molar-refractivity contribution in [2.75, 3.05) is 24.6 Å². The number of carbonyl (C=O) groups is 2.